The Labute approximate surface area is 99.0 Å². The van der Waals surface area contributed by atoms with E-state index in [4.69, 9.17) is 5.73 Å². The minimum Gasteiger partial charge on any atom is -0.330 e. The van der Waals surface area contributed by atoms with Crippen molar-refractivity contribution in [1.82, 2.24) is 0 Å². The van der Waals surface area contributed by atoms with Crippen molar-refractivity contribution in [1.29, 1.82) is 0 Å². The van der Waals surface area contributed by atoms with Crippen LogP contribution in [0.4, 0.5) is 0 Å². The Kier molecular flexibility index (Phi) is 4.00. The average Bonchev–Trinajstić information content (AvgIpc) is 2.33. The number of benzene rings is 1. The fourth-order valence-corrected chi connectivity index (χ4v) is 2.89. The standard InChI is InChI=1S/C15H23N/c1-12-6-8-13(9-7-12)10-14-4-2-3-5-15(14)11-16/h6-9,14-15H,2-5,10-11,16H2,1H3. The largest absolute Gasteiger partial charge is 0.330 e. The molecule has 2 N–H and O–H groups in total. The molecule has 0 aromatic heterocycles. The third-order valence-electron chi connectivity index (χ3n) is 3.99. The first-order valence-electron chi connectivity index (χ1n) is 6.55. The van der Waals surface area contributed by atoms with Crippen molar-refractivity contribution in [3.05, 3.63) is 35.4 Å². The van der Waals surface area contributed by atoms with Crippen molar-refractivity contribution < 1.29 is 0 Å². The summed E-state index contributed by atoms with van der Waals surface area (Å²) in [7, 11) is 0. The van der Waals surface area contributed by atoms with Gasteiger partial charge in [-0.3, -0.25) is 0 Å². The number of aryl methyl sites for hydroxylation is 1. The number of hydrogen-bond donors (Lipinski definition) is 1. The Hall–Kier alpha value is -0.820. The van der Waals surface area contributed by atoms with Gasteiger partial charge in [-0.25, -0.2) is 0 Å². The molecular weight excluding hydrogens is 194 g/mol. The Balaban J connectivity index is 1.99. The first-order chi connectivity index (χ1) is 7.79. The minimum atomic E-state index is 0.759. The highest BCUT2D eigenvalue weighted by molar-refractivity contribution is 5.21. The number of rotatable bonds is 3. The van der Waals surface area contributed by atoms with Gasteiger partial charge < -0.3 is 5.73 Å². The lowest BCUT2D eigenvalue weighted by molar-refractivity contribution is 0.242. The first-order valence-corrected chi connectivity index (χ1v) is 6.55. The summed E-state index contributed by atoms with van der Waals surface area (Å²) >= 11 is 0. The smallest absolute Gasteiger partial charge is 0.00461 e. The van der Waals surface area contributed by atoms with Gasteiger partial charge in [-0.15, -0.1) is 0 Å². The molecule has 2 rings (SSSR count). The zero-order valence-electron chi connectivity index (χ0n) is 10.3. The van der Waals surface area contributed by atoms with E-state index in [2.05, 4.69) is 31.2 Å². The van der Waals surface area contributed by atoms with Crippen molar-refractivity contribution in [2.24, 2.45) is 17.6 Å². The highest BCUT2D eigenvalue weighted by atomic mass is 14.6. The Morgan fingerprint density at radius 2 is 1.69 bits per heavy atom. The third-order valence-corrected chi connectivity index (χ3v) is 3.99. The maximum absolute atomic E-state index is 5.87. The SMILES string of the molecule is Cc1ccc(CC2CCCCC2CN)cc1. The molecular formula is C15H23N. The van der Waals surface area contributed by atoms with Crippen LogP contribution >= 0.6 is 0 Å². The number of hydrogen-bond acceptors (Lipinski definition) is 1. The summed E-state index contributed by atoms with van der Waals surface area (Å²) in [6.07, 6.45) is 6.71. The van der Waals surface area contributed by atoms with Gasteiger partial charge in [-0.1, -0.05) is 42.7 Å². The zero-order valence-corrected chi connectivity index (χ0v) is 10.3. The van der Waals surface area contributed by atoms with E-state index in [1.54, 1.807) is 0 Å². The second-order valence-electron chi connectivity index (χ2n) is 5.23. The fraction of sp³-hybridized carbons (Fsp3) is 0.600. The van der Waals surface area contributed by atoms with Crippen LogP contribution in [0.1, 0.15) is 36.8 Å². The fourth-order valence-electron chi connectivity index (χ4n) is 2.89. The molecule has 1 nitrogen and oxygen atoms in total. The van der Waals surface area contributed by atoms with E-state index in [9.17, 15) is 0 Å². The Morgan fingerprint density at radius 1 is 1.06 bits per heavy atom. The van der Waals surface area contributed by atoms with Gasteiger partial charge in [0, 0.05) is 0 Å². The van der Waals surface area contributed by atoms with E-state index in [1.807, 2.05) is 0 Å². The second-order valence-corrected chi connectivity index (χ2v) is 5.23. The first kappa shape index (κ1) is 11.7. The predicted octanol–water partition coefficient (Wildman–Crippen LogP) is 3.30. The van der Waals surface area contributed by atoms with Crippen LogP contribution in [0.5, 0.6) is 0 Å². The maximum atomic E-state index is 5.87. The van der Waals surface area contributed by atoms with Crippen molar-refractivity contribution in [2.75, 3.05) is 6.54 Å². The topological polar surface area (TPSA) is 26.0 Å². The monoisotopic (exact) mass is 217 g/mol. The summed E-state index contributed by atoms with van der Waals surface area (Å²) < 4.78 is 0. The van der Waals surface area contributed by atoms with Crippen molar-refractivity contribution in [3.8, 4) is 0 Å². The molecule has 0 radical (unpaired) electrons. The van der Waals surface area contributed by atoms with Crippen LogP contribution in [0.15, 0.2) is 24.3 Å². The molecule has 0 amide bonds. The molecule has 0 aliphatic heterocycles. The molecule has 1 heteroatoms. The third kappa shape index (κ3) is 2.85. The van der Waals surface area contributed by atoms with E-state index in [0.717, 1.165) is 18.4 Å². The Morgan fingerprint density at radius 3 is 2.31 bits per heavy atom. The van der Waals surface area contributed by atoms with Crippen LogP contribution in [0.2, 0.25) is 0 Å². The van der Waals surface area contributed by atoms with E-state index in [-0.39, 0.29) is 0 Å². The van der Waals surface area contributed by atoms with Crippen LogP contribution in [-0.2, 0) is 6.42 Å². The molecule has 1 saturated carbocycles. The molecule has 0 saturated heterocycles. The normalized spacial score (nSPS) is 25.6. The lowest BCUT2D eigenvalue weighted by Crippen LogP contribution is -2.28. The summed E-state index contributed by atoms with van der Waals surface area (Å²) in [6.45, 7) is 3.02. The van der Waals surface area contributed by atoms with Crippen LogP contribution in [0.3, 0.4) is 0 Å². The molecule has 1 aromatic rings. The molecule has 1 aliphatic carbocycles. The highest BCUT2D eigenvalue weighted by Gasteiger charge is 2.23. The van der Waals surface area contributed by atoms with Crippen LogP contribution in [-0.4, -0.2) is 6.54 Å². The van der Waals surface area contributed by atoms with Crippen molar-refractivity contribution >= 4 is 0 Å². The molecule has 0 bridgehead atoms. The van der Waals surface area contributed by atoms with E-state index < -0.39 is 0 Å². The van der Waals surface area contributed by atoms with Crippen LogP contribution in [0, 0.1) is 18.8 Å². The summed E-state index contributed by atoms with van der Waals surface area (Å²) in [4.78, 5) is 0. The lowest BCUT2D eigenvalue weighted by atomic mass is 9.76. The molecule has 88 valence electrons. The Bertz CT molecular complexity index is 315. The van der Waals surface area contributed by atoms with E-state index >= 15 is 0 Å². The van der Waals surface area contributed by atoms with Crippen LogP contribution < -0.4 is 5.73 Å². The van der Waals surface area contributed by atoms with Gasteiger partial charge in [0.1, 0.15) is 0 Å². The summed E-state index contributed by atoms with van der Waals surface area (Å²) in [6, 6.07) is 8.99. The van der Waals surface area contributed by atoms with Gasteiger partial charge in [0.2, 0.25) is 0 Å². The molecule has 1 fully saturated rings. The lowest BCUT2D eigenvalue weighted by Gasteiger charge is -2.30. The molecule has 1 aromatic carbocycles. The molecule has 16 heavy (non-hydrogen) atoms. The molecule has 0 heterocycles. The molecule has 2 unspecified atom stereocenters. The minimum absolute atomic E-state index is 0.759. The van der Waals surface area contributed by atoms with Crippen molar-refractivity contribution in [3.63, 3.8) is 0 Å². The zero-order chi connectivity index (χ0) is 11.4. The van der Waals surface area contributed by atoms with Gasteiger partial charge in [0.15, 0.2) is 0 Å². The predicted molar refractivity (Wildman–Crippen MR) is 69.4 cm³/mol. The summed E-state index contributed by atoms with van der Waals surface area (Å²) in [5, 5.41) is 0. The van der Waals surface area contributed by atoms with E-state index in [1.165, 1.54) is 43.2 Å². The van der Waals surface area contributed by atoms with Gasteiger partial charge in [0.25, 0.3) is 0 Å². The van der Waals surface area contributed by atoms with Gasteiger partial charge >= 0.3 is 0 Å². The second kappa shape index (κ2) is 5.49. The number of nitrogens with two attached hydrogens (primary N) is 1. The van der Waals surface area contributed by atoms with Gasteiger partial charge in [0.05, 0.1) is 0 Å². The maximum Gasteiger partial charge on any atom is -0.00461 e. The van der Waals surface area contributed by atoms with Gasteiger partial charge in [-0.2, -0.15) is 0 Å². The molecule has 2 atom stereocenters. The van der Waals surface area contributed by atoms with Crippen molar-refractivity contribution in [2.45, 2.75) is 39.0 Å². The average molecular weight is 217 g/mol. The van der Waals surface area contributed by atoms with Gasteiger partial charge in [-0.05, 0) is 50.1 Å². The summed E-state index contributed by atoms with van der Waals surface area (Å²) in [5.74, 6) is 1.58. The highest BCUT2D eigenvalue weighted by Crippen LogP contribution is 2.31. The molecule has 0 spiro atoms. The molecule has 1 aliphatic rings. The van der Waals surface area contributed by atoms with Crippen LogP contribution in [0.25, 0.3) is 0 Å². The quantitative estimate of drug-likeness (QED) is 0.826. The summed E-state index contributed by atoms with van der Waals surface area (Å²) in [5.41, 5.74) is 8.70. The van der Waals surface area contributed by atoms with E-state index in [0.29, 0.717) is 0 Å².